The van der Waals surface area contributed by atoms with E-state index in [-0.39, 0.29) is 5.91 Å². The number of oxazole rings is 1. The van der Waals surface area contributed by atoms with Crippen LogP contribution in [0.25, 0.3) is 22.6 Å². The molecule has 0 aliphatic heterocycles. The number of benzene rings is 2. The van der Waals surface area contributed by atoms with Crippen molar-refractivity contribution < 1.29 is 9.21 Å². The molecule has 1 amide bonds. The average molecular weight is 253 g/mol. The maximum Gasteiger partial charge on any atom is 0.265 e. The van der Waals surface area contributed by atoms with Crippen molar-refractivity contribution in [1.82, 2.24) is 10.4 Å². The minimum absolute atomic E-state index is 0.349. The largest absolute Gasteiger partial charge is 0.436 e. The van der Waals surface area contributed by atoms with Crippen molar-refractivity contribution in [3.05, 3.63) is 54.1 Å². The standard InChI is InChI=1S/C14H11N3O2/c15-17-13(18)9-4-3-5-10(8-9)14-16-11-6-1-2-7-12(11)19-14/h1-8H,15H2,(H,17,18). The monoisotopic (exact) mass is 253 g/mol. The van der Waals surface area contributed by atoms with Crippen LogP contribution in [0.15, 0.2) is 52.9 Å². The van der Waals surface area contributed by atoms with Gasteiger partial charge in [-0.05, 0) is 30.3 Å². The molecule has 0 spiro atoms. The Labute approximate surface area is 109 Å². The SMILES string of the molecule is NNC(=O)c1cccc(-c2nc3ccccc3o2)c1. The summed E-state index contributed by atoms with van der Waals surface area (Å²) in [6, 6.07) is 14.5. The molecule has 5 nitrogen and oxygen atoms in total. The molecule has 2 aromatic carbocycles. The number of nitrogens with two attached hydrogens (primary N) is 1. The minimum atomic E-state index is -0.349. The number of nitrogens with one attached hydrogen (secondary N) is 1. The summed E-state index contributed by atoms with van der Waals surface area (Å²) in [7, 11) is 0. The van der Waals surface area contributed by atoms with E-state index >= 15 is 0 Å². The number of hydrogen-bond acceptors (Lipinski definition) is 4. The molecule has 0 bridgehead atoms. The predicted octanol–water partition coefficient (Wildman–Crippen LogP) is 2.10. The lowest BCUT2D eigenvalue weighted by Crippen LogP contribution is -2.29. The van der Waals surface area contributed by atoms with Gasteiger partial charge in [0.1, 0.15) is 5.52 Å². The second-order valence-electron chi connectivity index (χ2n) is 4.04. The lowest BCUT2D eigenvalue weighted by molar-refractivity contribution is 0.0953. The van der Waals surface area contributed by atoms with Gasteiger partial charge in [-0.1, -0.05) is 18.2 Å². The molecule has 0 unspecified atom stereocenters. The predicted molar refractivity (Wildman–Crippen MR) is 71.1 cm³/mol. The summed E-state index contributed by atoms with van der Waals surface area (Å²) in [5.74, 6) is 5.25. The van der Waals surface area contributed by atoms with Crippen molar-refractivity contribution in [2.75, 3.05) is 0 Å². The van der Waals surface area contributed by atoms with E-state index in [4.69, 9.17) is 10.3 Å². The molecular weight excluding hydrogens is 242 g/mol. The Hall–Kier alpha value is -2.66. The Balaban J connectivity index is 2.08. The molecule has 3 N–H and O–H groups in total. The van der Waals surface area contributed by atoms with Crippen LogP contribution in [-0.2, 0) is 0 Å². The van der Waals surface area contributed by atoms with E-state index in [9.17, 15) is 4.79 Å². The summed E-state index contributed by atoms with van der Waals surface area (Å²) < 4.78 is 5.65. The number of hydrazine groups is 1. The van der Waals surface area contributed by atoms with Gasteiger partial charge < -0.3 is 4.42 Å². The normalized spacial score (nSPS) is 10.6. The van der Waals surface area contributed by atoms with Crippen LogP contribution < -0.4 is 11.3 Å². The molecule has 0 saturated carbocycles. The summed E-state index contributed by atoms with van der Waals surface area (Å²) in [5, 5.41) is 0. The molecule has 1 aromatic heterocycles. The maximum absolute atomic E-state index is 11.5. The quantitative estimate of drug-likeness (QED) is 0.416. The summed E-state index contributed by atoms with van der Waals surface area (Å²) in [5.41, 5.74) is 4.79. The molecule has 0 aliphatic rings. The lowest BCUT2D eigenvalue weighted by atomic mass is 10.1. The molecule has 0 radical (unpaired) electrons. The first-order valence-electron chi connectivity index (χ1n) is 5.75. The fourth-order valence-electron chi connectivity index (χ4n) is 1.87. The molecule has 0 saturated heterocycles. The highest BCUT2D eigenvalue weighted by molar-refractivity contribution is 5.94. The van der Waals surface area contributed by atoms with Gasteiger partial charge in [0, 0.05) is 11.1 Å². The van der Waals surface area contributed by atoms with Gasteiger partial charge in [-0.25, -0.2) is 10.8 Å². The second-order valence-corrected chi connectivity index (χ2v) is 4.04. The van der Waals surface area contributed by atoms with Crippen molar-refractivity contribution in [3.63, 3.8) is 0 Å². The van der Waals surface area contributed by atoms with Gasteiger partial charge in [0.2, 0.25) is 5.89 Å². The first-order valence-corrected chi connectivity index (χ1v) is 5.75. The van der Waals surface area contributed by atoms with E-state index in [0.717, 1.165) is 11.1 Å². The van der Waals surface area contributed by atoms with Gasteiger partial charge >= 0.3 is 0 Å². The Bertz CT molecular complexity index is 716. The Morgan fingerprint density at radius 1 is 1.16 bits per heavy atom. The first kappa shape index (κ1) is 11.4. The van der Waals surface area contributed by atoms with Gasteiger partial charge in [-0.2, -0.15) is 0 Å². The van der Waals surface area contributed by atoms with E-state index in [2.05, 4.69) is 10.4 Å². The van der Waals surface area contributed by atoms with Crippen LogP contribution in [-0.4, -0.2) is 10.9 Å². The van der Waals surface area contributed by atoms with Gasteiger partial charge in [-0.3, -0.25) is 10.2 Å². The molecule has 1 heterocycles. The fourth-order valence-corrected chi connectivity index (χ4v) is 1.87. The van der Waals surface area contributed by atoms with E-state index in [1.54, 1.807) is 18.2 Å². The number of hydrogen-bond donors (Lipinski definition) is 2. The fraction of sp³-hybridized carbons (Fsp3) is 0. The number of aromatic nitrogens is 1. The van der Waals surface area contributed by atoms with E-state index in [1.807, 2.05) is 30.3 Å². The smallest absolute Gasteiger partial charge is 0.265 e. The van der Waals surface area contributed by atoms with Crippen LogP contribution in [0.5, 0.6) is 0 Å². The van der Waals surface area contributed by atoms with Crippen molar-refractivity contribution in [3.8, 4) is 11.5 Å². The second kappa shape index (κ2) is 4.55. The molecule has 3 aromatic rings. The van der Waals surface area contributed by atoms with Gasteiger partial charge in [-0.15, -0.1) is 0 Å². The third-order valence-corrected chi connectivity index (χ3v) is 2.80. The van der Waals surface area contributed by atoms with Crippen LogP contribution in [0.2, 0.25) is 0 Å². The molecule has 0 aliphatic carbocycles. The molecule has 0 atom stereocenters. The third kappa shape index (κ3) is 2.07. The molecular formula is C14H11N3O2. The first-order chi connectivity index (χ1) is 9.28. The number of carbonyl (C=O) groups is 1. The summed E-state index contributed by atoms with van der Waals surface area (Å²) in [6.07, 6.45) is 0. The van der Waals surface area contributed by atoms with Crippen molar-refractivity contribution in [1.29, 1.82) is 0 Å². The average Bonchev–Trinajstić information content (AvgIpc) is 2.90. The highest BCUT2D eigenvalue weighted by Gasteiger charge is 2.10. The van der Waals surface area contributed by atoms with E-state index in [0.29, 0.717) is 17.0 Å². The molecule has 19 heavy (non-hydrogen) atoms. The zero-order valence-corrected chi connectivity index (χ0v) is 9.96. The summed E-state index contributed by atoms with van der Waals surface area (Å²) in [6.45, 7) is 0. The van der Waals surface area contributed by atoms with Crippen LogP contribution in [0, 0.1) is 0 Å². The molecule has 3 rings (SSSR count). The summed E-state index contributed by atoms with van der Waals surface area (Å²) >= 11 is 0. The van der Waals surface area contributed by atoms with E-state index in [1.165, 1.54) is 0 Å². The third-order valence-electron chi connectivity index (χ3n) is 2.80. The number of nitrogens with zero attached hydrogens (tertiary/aromatic N) is 1. The molecule has 94 valence electrons. The van der Waals surface area contributed by atoms with Crippen molar-refractivity contribution in [2.45, 2.75) is 0 Å². The highest BCUT2D eigenvalue weighted by atomic mass is 16.3. The number of carbonyl (C=O) groups excluding carboxylic acids is 1. The zero-order chi connectivity index (χ0) is 13.2. The van der Waals surface area contributed by atoms with Crippen molar-refractivity contribution >= 4 is 17.0 Å². The number of fused-ring (bicyclic) bond motifs is 1. The van der Waals surface area contributed by atoms with Crippen molar-refractivity contribution in [2.24, 2.45) is 5.84 Å². The Morgan fingerprint density at radius 2 is 2.00 bits per heavy atom. The molecule has 0 fully saturated rings. The number of para-hydroxylation sites is 2. The minimum Gasteiger partial charge on any atom is -0.436 e. The number of rotatable bonds is 2. The van der Waals surface area contributed by atoms with Crippen LogP contribution in [0.1, 0.15) is 10.4 Å². The Kier molecular flexibility index (Phi) is 2.74. The van der Waals surface area contributed by atoms with Gasteiger partial charge in [0.05, 0.1) is 0 Å². The Morgan fingerprint density at radius 3 is 2.79 bits per heavy atom. The van der Waals surface area contributed by atoms with Gasteiger partial charge in [0.15, 0.2) is 5.58 Å². The summed E-state index contributed by atoms with van der Waals surface area (Å²) in [4.78, 5) is 15.9. The maximum atomic E-state index is 11.5. The van der Waals surface area contributed by atoms with Gasteiger partial charge in [0.25, 0.3) is 5.91 Å². The number of nitrogen functional groups attached to an aromatic ring is 1. The topological polar surface area (TPSA) is 81.1 Å². The molecule has 5 heteroatoms. The van der Waals surface area contributed by atoms with Crippen LogP contribution in [0.4, 0.5) is 0 Å². The van der Waals surface area contributed by atoms with Crippen LogP contribution >= 0.6 is 0 Å². The number of amides is 1. The van der Waals surface area contributed by atoms with E-state index < -0.39 is 0 Å². The lowest BCUT2D eigenvalue weighted by Gasteiger charge is -2.00. The van der Waals surface area contributed by atoms with Crippen LogP contribution in [0.3, 0.4) is 0 Å². The highest BCUT2D eigenvalue weighted by Crippen LogP contribution is 2.24. The zero-order valence-electron chi connectivity index (χ0n) is 9.96.